The molecule has 1 amide bonds. The third-order valence-electron chi connectivity index (χ3n) is 4.89. The predicted octanol–water partition coefficient (Wildman–Crippen LogP) is 1.30. The summed E-state index contributed by atoms with van der Waals surface area (Å²) in [5, 5.41) is 3.12. The molecule has 1 N–H and O–H groups in total. The van der Waals surface area contributed by atoms with Crippen LogP contribution < -0.4 is 10.2 Å². The molecule has 3 rings (SSSR count). The first kappa shape index (κ1) is 16.2. The first-order valence-corrected chi connectivity index (χ1v) is 8.82. The third-order valence-corrected chi connectivity index (χ3v) is 4.89. The van der Waals surface area contributed by atoms with E-state index in [-0.39, 0.29) is 5.91 Å². The summed E-state index contributed by atoms with van der Waals surface area (Å²) in [5.74, 6) is 1.65. The van der Waals surface area contributed by atoms with Gasteiger partial charge in [-0.2, -0.15) is 0 Å². The summed E-state index contributed by atoms with van der Waals surface area (Å²) in [5.41, 5.74) is 0. The van der Waals surface area contributed by atoms with E-state index < -0.39 is 0 Å². The average Bonchev–Trinajstić information content (AvgIpc) is 2.62. The number of aromatic nitrogens is 2. The molecule has 0 atom stereocenters. The molecule has 1 aliphatic carbocycles. The van der Waals surface area contributed by atoms with Gasteiger partial charge >= 0.3 is 0 Å². The Bertz CT molecular complexity index is 481. The molecule has 23 heavy (non-hydrogen) atoms. The molecule has 2 fully saturated rings. The number of amides is 1. The van der Waals surface area contributed by atoms with Gasteiger partial charge in [-0.25, -0.2) is 9.97 Å². The molecule has 0 radical (unpaired) electrons. The van der Waals surface area contributed by atoms with E-state index in [0.29, 0.717) is 12.5 Å². The van der Waals surface area contributed by atoms with Crippen LogP contribution in [0.4, 0.5) is 5.95 Å². The Balaban J connectivity index is 1.36. The van der Waals surface area contributed by atoms with Gasteiger partial charge in [-0.05, 0) is 24.8 Å². The van der Waals surface area contributed by atoms with E-state index >= 15 is 0 Å². The van der Waals surface area contributed by atoms with Crippen LogP contribution in [0, 0.1) is 5.92 Å². The fourth-order valence-corrected chi connectivity index (χ4v) is 3.47. The average molecular weight is 317 g/mol. The summed E-state index contributed by atoms with van der Waals surface area (Å²) in [4.78, 5) is 25.1. The summed E-state index contributed by atoms with van der Waals surface area (Å²) in [6.07, 6.45) is 10.1. The molecule has 1 saturated carbocycles. The molecular weight excluding hydrogens is 290 g/mol. The van der Waals surface area contributed by atoms with E-state index in [9.17, 15) is 4.79 Å². The van der Waals surface area contributed by atoms with Crippen molar-refractivity contribution in [3.05, 3.63) is 18.5 Å². The lowest BCUT2D eigenvalue weighted by atomic mass is 9.89. The first-order valence-electron chi connectivity index (χ1n) is 8.82. The van der Waals surface area contributed by atoms with Crippen molar-refractivity contribution >= 4 is 11.9 Å². The van der Waals surface area contributed by atoms with Gasteiger partial charge in [-0.1, -0.05) is 19.3 Å². The van der Waals surface area contributed by atoms with Gasteiger partial charge in [0.05, 0.1) is 6.54 Å². The summed E-state index contributed by atoms with van der Waals surface area (Å²) in [6.45, 7) is 4.89. The van der Waals surface area contributed by atoms with Crippen LogP contribution in [0.5, 0.6) is 0 Å². The zero-order chi connectivity index (χ0) is 15.9. The molecule has 2 aliphatic rings. The third kappa shape index (κ3) is 4.89. The number of piperazine rings is 1. The molecule has 0 spiro atoms. The number of nitrogens with one attached hydrogen (secondary N) is 1. The van der Waals surface area contributed by atoms with Crippen LogP contribution in [0.15, 0.2) is 18.5 Å². The zero-order valence-electron chi connectivity index (χ0n) is 13.8. The van der Waals surface area contributed by atoms with E-state index in [2.05, 4.69) is 25.1 Å². The van der Waals surface area contributed by atoms with Crippen molar-refractivity contribution in [1.82, 2.24) is 20.2 Å². The number of hydrogen-bond donors (Lipinski definition) is 1. The Morgan fingerprint density at radius 1 is 1.09 bits per heavy atom. The van der Waals surface area contributed by atoms with Crippen molar-refractivity contribution in [2.45, 2.75) is 32.1 Å². The van der Waals surface area contributed by atoms with Gasteiger partial charge in [0.2, 0.25) is 11.9 Å². The van der Waals surface area contributed by atoms with Crippen LogP contribution in [0.2, 0.25) is 0 Å². The van der Waals surface area contributed by atoms with Crippen molar-refractivity contribution in [3.63, 3.8) is 0 Å². The van der Waals surface area contributed by atoms with Gasteiger partial charge in [-0.3, -0.25) is 9.69 Å². The molecule has 0 unspecified atom stereocenters. The molecule has 6 heteroatoms. The normalized spacial score (nSPS) is 20.4. The Hall–Kier alpha value is -1.69. The molecule has 0 bridgehead atoms. The van der Waals surface area contributed by atoms with E-state index in [1.54, 1.807) is 12.4 Å². The topological polar surface area (TPSA) is 61.4 Å². The predicted molar refractivity (Wildman–Crippen MR) is 90.3 cm³/mol. The Labute approximate surface area is 138 Å². The van der Waals surface area contributed by atoms with Crippen LogP contribution >= 0.6 is 0 Å². The van der Waals surface area contributed by atoms with Crippen LogP contribution in [0.3, 0.4) is 0 Å². The first-order chi connectivity index (χ1) is 11.3. The number of nitrogens with zero attached hydrogens (tertiary/aromatic N) is 4. The monoisotopic (exact) mass is 317 g/mol. The molecule has 0 aromatic carbocycles. The highest BCUT2D eigenvalue weighted by Crippen LogP contribution is 2.22. The second kappa shape index (κ2) is 8.24. The summed E-state index contributed by atoms with van der Waals surface area (Å²) < 4.78 is 0. The second-order valence-corrected chi connectivity index (χ2v) is 6.62. The molecule has 1 aromatic rings. The quantitative estimate of drug-likeness (QED) is 0.887. The standard InChI is InChI=1S/C17H27N5O/c23-16(20-13-15-5-2-1-3-6-15)14-21-9-11-22(12-10-21)17-18-7-4-8-19-17/h4,7-8,15H,1-3,5-6,9-14H2,(H,20,23). The number of rotatable bonds is 5. The lowest BCUT2D eigenvalue weighted by Crippen LogP contribution is -2.50. The molecule has 6 nitrogen and oxygen atoms in total. The highest BCUT2D eigenvalue weighted by Gasteiger charge is 2.21. The van der Waals surface area contributed by atoms with Crippen molar-refractivity contribution in [1.29, 1.82) is 0 Å². The summed E-state index contributed by atoms with van der Waals surface area (Å²) in [7, 11) is 0. The maximum absolute atomic E-state index is 12.1. The largest absolute Gasteiger partial charge is 0.355 e. The fraction of sp³-hybridized carbons (Fsp3) is 0.706. The molecule has 2 heterocycles. The Kier molecular flexibility index (Phi) is 5.80. The van der Waals surface area contributed by atoms with Crippen molar-refractivity contribution in [2.75, 3.05) is 44.2 Å². The lowest BCUT2D eigenvalue weighted by molar-refractivity contribution is -0.122. The molecule has 1 aromatic heterocycles. The molecule has 1 aliphatic heterocycles. The minimum absolute atomic E-state index is 0.167. The van der Waals surface area contributed by atoms with Crippen molar-refractivity contribution < 1.29 is 4.79 Å². The summed E-state index contributed by atoms with van der Waals surface area (Å²) >= 11 is 0. The molecule has 126 valence electrons. The maximum Gasteiger partial charge on any atom is 0.234 e. The second-order valence-electron chi connectivity index (χ2n) is 6.62. The summed E-state index contributed by atoms with van der Waals surface area (Å²) in [6, 6.07) is 1.83. The van der Waals surface area contributed by atoms with Gasteiger partial charge in [0.25, 0.3) is 0 Å². The van der Waals surface area contributed by atoms with E-state index in [4.69, 9.17) is 0 Å². The smallest absolute Gasteiger partial charge is 0.234 e. The number of carbonyl (C=O) groups is 1. The van der Waals surface area contributed by atoms with Crippen LogP contribution in [0.25, 0.3) is 0 Å². The van der Waals surface area contributed by atoms with Gasteiger partial charge in [0.15, 0.2) is 0 Å². The number of anilines is 1. The van der Waals surface area contributed by atoms with Crippen LogP contribution in [0.1, 0.15) is 32.1 Å². The highest BCUT2D eigenvalue weighted by atomic mass is 16.2. The van der Waals surface area contributed by atoms with Crippen LogP contribution in [-0.4, -0.2) is 60.0 Å². The Morgan fingerprint density at radius 3 is 2.48 bits per heavy atom. The highest BCUT2D eigenvalue weighted by molar-refractivity contribution is 5.78. The zero-order valence-corrected chi connectivity index (χ0v) is 13.8. The fourth-order valence-electron chi connectivity index (χ4n) is 3.47. The van der Waals surface area contributed by atoms with Gasteiger partial charge in [0, 0.05) is 45.1 Å². The van der Waals surface area contributed by atoms with Crippen molar-refractivity contribution in [2.24, 2.45) is 5.92 Å². The molecule has 1 saturated heterocycles. The Morgan fingerprint density at radius 2 is 1.78 bits per heavy atom. The van der Waals surface area contributed by atoms with E-state index in [1.807, 2.05) is 6.07 Å². The van der Waals surface area contributed by atoms with E-state index in [1.165, 1.54) is 32.1 Å². The van der Waals surface area contributed by atoms with Gasteiger partial charge in [-0.15, -0.1) is 0 Å². The minimum atomic E-state index is 0.167. The van der Waals surface area contributed by atoms with E-state index in [0.717, 1.165) is 38.7 Å². The number of carbonyl (C=O) groups excluding carboxylic acids is 1. The maximum atomic E-state index is 12.1. The number of hydrogen-bond acceptors (Lipinski definition) is 5. The van der Waals surface area contributed by atoms with Crippen molar-refractivity contribution in [3.8, 4) is 0 Å². The van der Waals surface area contributed by atoms with Gasteiger partial charge in [0.1, 0.15) is 0 Å². The SMILES string of the molecule is O=C(CN1CCN(c2ncccn2)CC1)NCC1CCCCC1. The minimum Gasteiger partial charge on any atom is -0.355 e. The molecular formula is C17H27N5O. The van der Waals surface area contributed by atoms with Crippen LogP contribution in [-0.2, 0) is 4.79 Å². The lowest BCUT2D eigenvalue weighted by Gasteiger charge is -2.34. The van der Waals surface area contributed by atoms with Gasteiger partial charge < -0.3 is 10.2 Å².